The van der Waals surface area contributed by atoms with E-state index in [0.717, 1.165) is 19.4 Å². The van der Waals surface area contributed by atoms with Gasteiger partial charge < -0.3 is 14.9 Å². The molecule has 0 unspecified atom stereocenters. The lowest BCUT2D eigenvalue weighted by Crippen LogP contribution is -2.29. The smallest absolute Gasteiger partial charge is 0.423 e. The van der Waals surface area contributed by atoms with Gasteiger partial charge in [0, 0.05) is 0 Å². The Balaban J connectivity index is 2.43. The van der Waals surface area contributed by atoms with E-state index >= 15 is 0 Å². The maximum Gasteiger partial charge on any atom is 0.488 e. The van der Waals surface area contributed by atoms with Crippen LogP contribution in [0.15, 0.2) is 24.3 Å². The molecule has 0 saturated carbocycles. The maximum atomic E-state index is 8.91. The molecule has 1 aromatic carbocycles. The standard InChI is InChI=1S/C11H18BNO2/c1-13(2)9-3-4-10-5-7-11(8-6-10)12(14)15/h5-8,14-15H,3-4,9H2,1-2H3. The lowest BCUT2D eigenvalue weighted by Gasteiger charge is -2.09. The van der Waals surface area contributed by atoms with E-state index in [1.807, 2.05) is 12.1 Å². The average Bonchev–Trinajstić information content (AvgIpc) is 2.18. The normalized spacial score (nSPS) is 10.7. The molecule has 15 heavy (non-hydrogen) atoms. The molecule has 0 bridgehead atoms. The minimum atomic E-state index is -1.36. The molecule has 0 aliphatic carbocycles. The number of nitrogens with zero attached hydrogens (tertiary/aromatic N) is 1. The summed E-state index contributed by atoms with van der Waals surface area (Å²) in [5.41, 5.74) is 1.78. The molecule has 0 aromatic heterocycles. The van der Waals surface area contributed by atoms with Gasteiger partial charge in [-0.05, 0) is 44.5 Å². The largest absolute Gasteiger partial charge is 0.488 e. The number of hydrogen-bond acceptors (Lipinski definition) is 3. The van der Waals surface area contributed by atoms with Crippen molar-refractivity contribution < 1.29 is 10.0 Å². The Kier molecular flexibility index (Phi) is 4.82. The van der Waals surface area contributed by atoms with E-state index < -0.39 is 7.12 Å². The highest BCUT2D eigenvalue weighted by atomic mass is 16.4. The second-order valence-electron chi connectivity index (χ2n) is 4.02. The van der Waals surface area contributed by atoms with Crippen molar-refractivity contribution in [3.63, 3.8) is 0 Å². The average molecular weight is 207 g/mol. The van der Waals surface area contributed by atoms with Gasteiger partial charge in [0.2, 0.25) is 0 Å². The summed E-state index contributed by atoms with van der Waals surface area (Å²) in [4.78, 5) is 2.16. The Morgan fingerprint density at radius 2 is 1.73 bits per heavy atom. The van der Waals surface area contributed by atoms with Crippen LogP contribution in [0.3, 0.4) is 0 Å². The quantitative estimate of drug-likeness (QED) is 0.660. The first-order valence-electron chi connectivity index (χ1n) is 5.19. The molecule has 1 rings (SSSR count). The fourth-order valence-corrected chi connectivity index (χ4v) is 1.46. The fraction of sp³-hybridized carbons (Fsp3) is 0.455. The van der Waals surface area contributed by atoms with Crippen molar-refractivity contribution in [2.75, 3.05) is 20.6 Å². The lowest BCUT2D eigenvalue weighted by molar-refractivity contribution is 0.400. The molecule has 0 amide bonds. The van der Waals surface area contributed by atoms with Gasteiger partial charge in [-0.3, -0.25) is 0 Å². The summed E-state index contributed by atoms with van der Waals surface area (Å²) in [6, 6.07) is 7.42. The minimum Gasteiger partial charge on any atom is -0.423 e. The summed E-state index contributed by atoms with van der Waals surface area (Å²) < 4.78 is 0. The van der Waals surface area contributed by atoms with Gasteiger partial charge in [-0.1, -0.05) is 24.3 Å². The summed E-state index contributed by atoms with van der Waals surface area (Å²) in [6.45, 7) is 1.07. The van der Waals surface area contributed by atoms with Crippen LogP contribution < -0.4 is 5.46 Å². The predicted octanol–water partition coefficient (Wildman–Crippen LogP) is -0.139. The van der Waals surface area contributed by atoms with Crippen LogP contribution in [0.5, 0.6) is 0 Å². The molecule has 4 heteroatoms. The third kappa shape index (κ3) is 4.47. The van der Waals surface area contributed by atoms with E-state index in [4.69, 9.17) is 10.0 Å². The molecule has 1 aromatic rings. The molecular formula is C11H18BNO2. The highest BCUT2D eigenvalue weighted by molar-refractivity contribution is 6.58. The summed E-state index contributed by atoms with van der Waals surface area (Å²) in [5.74, 6) is 0. The zero-order chi connectivity index (χ0) is 11.3. The van der Waals surface area contributed by atoms with Gasteiger partial charge in [0.15, 0.2) is 0 Å². The van der Waals surface area contributed by atoms with Crippen LogP contribution >= 0.6 is 0 Å². The van der Waals surface area contributed by atoms with Gasteiger partial charge in [-0.25, -0.2) is 0 Å². The van der Waals surface area contributed by atoms with Crippen molar-refractivity contribution in [2.24, 2.45) is 0 Å². The van der Waals surface area contributed by atoms with Crippen LogP contribution in [-0.2, 0) is 6.42 Å². The first-order chi connectivity index (χ1) is 7.09. The van der Waals surface area contributed by atoms with Crippen molar-refractivity contribution >= 4 is 12.6 Å². The highest BCUT2D eigenvalue weighted by Crippen LogP contribution is 2.01. The van der Waals surface area contributed by atoms with Crippen LogP contribution in [0, 0.1) is 0 Å². The first kappa shape index (κ1) is 12.2. The van der Waals surface area contributed by atoms with E-state index in [9.17, 15) is 0 Å². The second kappa shape index (κ2) is 5.90. The van der Waals surface area contributed by atoms with Crippen molar-refractivity contribution in [3.05, 3.63) is 29.8 Å². The van der Waals surface area contributed by atoms with Gasteiger partial charge in [0.05, 0.1) is 0 Å². The van der Waals surface area contributed by atoms with E-state index in [1.54, 1.807) is 12.1 Å². The molecular weight excluding hydrogens is 189 g/mol. The zero-order valence-corrected chi connectivity index (χ0v) is 9.35. The Morgan fingerprint density at radius 3 is 2.20 bits per heavy atom. The summed E-state index contributed by atoms with van der Waals surface area (Å²) in [7, 11) is 2.76. The zero-order valence-electron chi connectivity index (χ0n) is 9.35. The molecule has 0 atom stereocenters. The lowest BCUT2D eigenvalue weighted by atomic mass is 9.80. The van der Waals surface area contributed by atoms with E-state index in [2.05, 4.69) is 19.0 Å². The van der Waals surface area contributed by atoms with Crippen molar-refractivity contribution in [3.8, 4) is 0 Å². The van der Waals surface area contributed by atoms with Crippen molar-refractivity contribution in [1.29, 1.82) is 0 Å². The number of benzene rings is 1. The van der Waals surface area contributed by atoms with Gasteiger partial charge in [-0.2, -0.15) is 0 Å². The topological polar surface area (TPSA) is 43.7 Å². The molecule has 82 valence electrons. The minimum absolute atomic E-state index is 0.548. The summed E-state index contributed by atoms with van der Waals surface area (Å²) >= 11 is 0. The molecule has 0 saturated heterocycles. The van der Waals surface area contributed by atoms with Crippen LogP contribution in [0.25, 0.3) is 0 Å². The number of rotatable bonds is 5. The summed E-state index contributed by atoms with van der Waals surface area (Å²) in [6.07, 6.45) is 2.15. The summed E-state index contributed by atoms with van der Waals surface area (Å²) in [5, 5.41) is 17.8. The van der Waals surface area contributed by atoms with Gasteiger partial charge in [0.1, 0.15) is 0 Å². The monoisotopic (exact) mass is 207 g/mol. The molecule has 0 heterocycles. The Morgan fingerprint density at radius 1 is 1.13 bits per heavy atom. The van der Waals surface area contributed by atoms with E-state index in [1.165, 1.54) is 5.56 Å². The van der Waals surface area contributed by atoms with E-state index in [-0.39, 0.29) is 0 Å². The molecule has 0 radical (unpaired) electrons. The molecule has 2 N–H and O–H groups in total. The molecule has 0 aliphatic rings. The molecule has 0 fully saturated rings. The predicted molar refractivity (Wildman–Crippen MR) is 63.1 cm³/mol. The Hall–Kier alpha value is -0.835. The third-order valence-electron chi connectivity index (χ3n) is 2.35. The fourth-order valence-electron chi connectivity index (χ4n) is 1.46. The molecule has 3 nitrogen and oxygen atoms in total. The second-order valence-corrected chi connectivity index (χ2v) is 4.02. The van der Waals surface area contributed by atoms with Crippen LogP contribution in [0.4, 0.5) is 0 Å². The maximum absolute atomic E-state index is 8.91. The van der Waals surface area contributed by atoms with Gasteiger partial charge in [0.25, 0.3) is 0 Å². The SMILES string of the molecule is CN(C)CCCc1ccc(B(O)O)cc1. The van der Waals surface area contributed by atoms with Crippen LogP contribution in [-0.4, -0.2) is 42.7 Å². The van der Waals surface area contributed by atoms with Crippen molar-refractivity contribution in [2.45, 2.75) is 12.8 Å². The van der Waals surface area contributed by atoms with Crippen molar-refractivity contribution in [1.82, 2.24) is 4.90 Å². The first-order valence-corrected chi connectivity index (χ1v) is 5.19. The number of hydrogen-bond donors (Lipinski definition) is 2. The molecule has 0 aliphatic heterocycles. The van der Waals surface area contributed by atoms with Crippen LogP contribution in [0.1, 0.15) is 12.0 Å². The van der Waals surface area contributed by atoms with Gasteiger partial charge >= 0.3 is 7.12 Å². The Labute approximate surface area is 91.5 Å². The Bertz CT molecular complexity index is 285. The van der Waals surface area contributed by atoms with Gasteiger partial charge in [-0.15, -0.1) is 0 Å². The van der Waals surface area contributed by atoms with E-state index in [0.29, 0.717) is 5.46 Å². The highest BCUT2D eigenvalue weighted by Gasteiger charge is 2.09. The molecule has 0 spiro atoms. The number of aryl methyl sites for hydroxylation is 1. The van der Waals surface area contributed by atoms with Crippen LogP contribution in [0.2, 0.25) is 0 Å². The third-order valence-corrected chi connectivity index (χ3v) is 2.35.